The van der Waals surface area contributed by atoms with Crippen LogP contribution in [0.15, 0.2) is 17.6 Å². The van der Waals surface area contributed by atoms with E-state index < -0.39 is 0 Å². The van der Waals surface area contributed by atoms with Crippen molar-refractivity contribution < 1.29 is 5.11 Å². The molecule has 1 atom stereocenters. The average Bonchev–Trinajstić information content (AvgIpc) is 2.89. The molecule has 0 bridgehead atoms. The summed E-state index contributed by atoms with van der Waals surface area (Å²) in [5.74, 6) is 0. The molecule has 0 amide bonds. The van der Waals surface area contributed by atoms with Crippen molar-refractivity contribution in [3.05, 3.63) is 12.7 Å². The molecule has 1 heterocycles. The molecule has 116 valence electrons. The van der Waals surface area contributed by atoms with Gasteiger partial charge in [0.25, 0.3) is 0 Å². The second-order valence-electron chi connectivity index (χ2n) is 5.73. The van der Waals surface area contributed by atoms with Crippen LogP contribution in [0.3, 0.4) is 0 Å². The lowest BCUT2D eigenvalue weighted by Gasteiger charge is -2.21. The number of β-amino-alcohol motifs (C(OH)–C–C–N with tert-alkyl or cyclic N) is 1. The fraction of sp³-hybridized carbons (Fsp3) is 0.824. The second kappa shape index (κ2) is 12.1. The highest BCUT2D eigenvalue weighted by atomic mass is 16.3. The minimum atomic E-state index is 0.242. The molecule has 1 aliphatic rings. The summed E-state index contributed by atoms with van der Waals surface area (Å²) in [5.41, 5.74) is 0. The summed E-state index contributed by atoms with van der Waals surface area (Å²) < 4.78 is 0. The summed E-state index contributed by atoms with van der Waals surface area (Å²) in [5, 5.41) is 8.99. The van der Waals surface area contributed by atoms with Crippen LogP contribution in [0.1, 0.15) is 64.2 Å². The number of aliphatic imine (C=N–C) groups is 1. The van der Waals surface area contributed by atoms with Crippen LogP contribution in [-0.2, 0) is 0 Å². The second-order valence-corrected chi connectivity index (χ2v) is 5.73. The van der Waals surface area contributed by atoms with Crippen LogP contribution in [-0.4, -0.2) is 42.1 Å². The van der Waals surface area contributed by atoms with E-state index in [0.717, 1.165) is 19.5 Å². The topological polar surface area (TPSA) is 35.8 Å². The Bertz CT molecular complexity index is 266. The lowest BCUT2D eigenvalue weighted by Crippen LogP contribution is -2.32. The predicted octanol–water partition coefficient (Wildman–Crippen LogP) is 3.78. The van der Waals surface area contributed by atoms with Gasteiger partial charge in [0.2, 0.25) is 0 Å². The first-order valence-corrected chi connectivity index (χ1v) is 8.36. The zero-order valence-corrected chi connectivity index (χ0v) is 13.0. The standard InChI is InChI=1S/C17H32N2O/c1-2-3-4-5-6-7-8-9-10-11-12-17-18-13-14-19(17)15-16-20/h2,13,17,20H,1,3-12,14-16H2. The smallest absolute Gasteiger partial charge is 0.102 e. The van der Waals surface area contributed by atoms with Crippen molar-refractivity contribution in [1.82, 2.24) is 4.90 Å². The first kappa shape index (κ1) is 17.4. The average molecular weight is 280 g/mol. The number of rotatable bonds is 13. The van der Waals surface area contributed by atoms with Crippen molar-refractivity contribution in [3.63, 3.8) is 0 Å². The molecule has 0 saturated heterocycles. The molecule has 0 aromatic rings. The lowest BCUT2D eigenvalue weighted by molar-refractivity contribution is 0.176. The van der Waals surface area contributed by atoms with Crippen molar-refractivity contribution in [2.24, 2.45) is 4.99 Å². The minimum Gasteiger partial charge on any atom is -0.395 e. The van der Waals surface area contributed by atoms with Crippen LogP contribution < -0.4 is 0 Å². The molecule has 0 spiro atoms. The highest BCUT2D eigenvalue weighted by Gasteiger charge is 2.19. The largest absolute Gasteiger partial charge is 0.395 e. The Kier molecular flexibility index (Phi) is 10.5. The van der Waals surface area contributed by atoms with Crippen molar-refractivity contribution in [1.29, 1.82) is 0 Å². The van der Waals surface area contributed by atoms with E-state index in [1.54, 1.807) is 0 Å². The quantitative estimate of drug-likeness (QED) is 0.412. The molecule has 20 heavy (non-hydrogen) atoms. The van der Waals surface area contributed by atoms with Crippen LogP contribution in [0.2, 0.25) is 0 Å². The number of hydrogen-bond acceptors (Lipinski definition) is 3. The van der Waals surface area contributed by atoms with Crippen LogP contribution in [0, 0.1) is 0 Å². The number of aliphatic hydroxyl groups excluding tert-OH is 1. The highest BCUT2D eigenvalue weighted by Crippen LogP contribution is 2.16. The molecule has 3 nitrogen and oxygen atoms in total. The Morgan fingerprint density at radius 3 is 2.40 bits per heavy atom. The van der Waals surface area contributed by atoms with Gasteiger partial charge in [-0.25, -0.2) is 0 Å². The van der Waals surface area contributed by atoms with Gasteiger partial charge < -0.3 is 5.11 Å². The van der Waals surface area contributed by atoms with Gasteiger partial charge in [0.15, 0.2) is 0 Å². The molecule has 0 saturated carbocycles. The molecule has 0 aromatic carbocycles. The Morgan fingerprint density at radius 2 is 1.75 bits per heavy atom. The van der Waals surface area contributed by atoms with Gasteiger partial charge in [-0.3, -0.25) is 9.89 Å². The number of unbranched alkanes of at least 4 members (excludes halogenated alkanes) is 8. The van der Waals surface area contributed by atoms with Gasteiger partial charge in [-0.1, -0.05) is 44.6 Å². The fourth-order valence-corrected chi connectivity index (χ4v) is 2.79. The van der Waals surface area contributed by atoms with E-state index in [1.807, 2.05) is 12.3 Å². The van der Waals surface area contributed by atoms with E-state index in [4.69, 9.17) is 5.11 Å². The summed E-state index contributed by atoms with van der Waals surface area (Å²) in [6, 6.07) is 0. The van der Waals surface area contributed by atoms with Gasteiger partial charge in [-0.15, -0.1) is 6.58 Å². The lowest BCUT2D eigenvalue weighted by atomic mass is 10.1. The Morgan fingerprint density at radius 1 is 1.10 bits per heavy atom. The van der Waals surface area contributed by atoms with Crippen molar-refractivity contribution >= 4 is 6.21 Å². The van der Waals surface area contributed by atoms with Crippen molar-refractivity contribution in [2.45, 2.75) is 70.4 Å². The first-order valence-electron chi connectivity index (χ1n) is 8.36. The molecule has 1 aliphatic heterocycles. The van der Waals surface area contributed by atoms with Crippen molar-refractivity contribution in [2.75, 3.05) is 19.7 Å². The number of aliphatic hydroxyl groups is 1. The zero-order chi connectivity index (χ0) is 14.5. The number of allylic oxidation sites excluding steroid dienone is 1. The summed E-state index contributed by atoms with van der Waals surface area (Å²) in [4.78, 5) is 6.76. The van der Waals surface area contributed by atoms with Crippen LogP contribution in [0.25, 0.3) is 0 Å². The molecule has 1 N–H and O–H groups in total. The van der Waals surface area contributed by atoms with E-state index >= 15 is 0 Å². The maximum absolute atomic E-state index is 8.99. The highest BCUT2D eigenvalue weighted by molar-refractivity contribution is 5.62. The molecule has 0 aliphatic carbocycles. The van der Waals surface area contributed by atoms with Crippen LogP contribution in [0.5, 0.6) is 0 Å². The summed E-state index contributed by atoms with van der Waals surface area (Å²) >= 11 is 0. The van der Waals surface area contributed by atoms with E-state index in [9.17, 15) is 0 Å². The Hall–Kier alpha value is -0.670. The fourth-order valence-electron chi connectivity index (χ4n) is 2.79. The Balaban J connectivity index is 1.87. The molecule has 0 aromatic heterocycles. The van der Waals surface area contributed by atoms with E-state index in [2.05, 4.69) is 16.5 Å². The molecule has 0 radical (unpaired) electrons. The molecular formula is C17H32N2O. The van der Waals surface area contributed by atoms with Gasteiger partial charge in [-0.2, -0.15) is 0 Å². The van der Waals surface area contributed by atoms with Crippen LogP contribution >= 0.6 is 0 Å². The third-order valence-corrected chi connectivity index (χ3v) is 4.02. The van der Waals surface area contributed by atoms with Gasteiger partial charge in [0.05, 0.1) is 6.61 Å². The summed E-state index contributed by atoms with van der Waals surface area (Å²) in [6.45, 7) is 5.66. The molecule has 1 unspecified atom stereocenters. The molecular weight excluding hydrogens is 248 g/mol. The molecule has 3 heteroatoms. The third kappa shape index (κ3) is 7.81. The summed E-state index contributed by atoms with van der Waals surface area (Å²) in [7, 11) is 0. The SMILES string of the molecule is C=CCCCCCCCCCCC1N=CCN1CCO. The van der Waals surface area contributed by atoms with Gasteiger partial charge in [0, 0.05) is 19.3 Å². The van der Waals surface area contributed by atoms with Gasteiger partial charge in [-0.05, 0) is 25.7 Å². The normalized spacial score (nSPS) is 18.8. The molecule has 0 fully saturated rings. The monoisotopic (exact) mass is 280 g/mol. The number of nitrogens with zero attached hydrogens (tertiary/aromatic N) is 2. The minimum absolute atomic E-state index is 0.242. The van der Waals surface area contributed by atoms with E-state index in [-0.39, 0.29) is 6.61 Å². The maximum Gasteiger partial charge on any atom is 0.102 e. The first-order chi connectivity index (χ1) is 9.88. The Labute approximate surface area is 124 Å². The molecule has 1 rings (SSSR count). The summed E-state index contributed by atoms with van der Waals surface area (Å²) in [6.07, 6.45) is 17.4. The van der Waals surface area contributed by atoms with E-state index in [0.29, 0.717) is 6.17 Å². The predicted molar refractivity (Wildman–Crippen MR) is 87.3 cm³/mol. The maximum atomic E-state index is 8.99. The van der Waals surface area contributed by atoms with E-state index in [1.165, 1.54) is 57.8 Å². The van der Waals surface area contributed by atoms with Crippen LogP contribution in [0.4, 0.5) is 0 Å². The van der Waals surface area contributed by atoms with Gasteiger partial charge in [0.1, 0.15) is 6.17 Å². The zero-order valence-electron chi connectivity index (χ0n) is 13.0. The third-order valence-electron chi connectivity index (χ3n) is 4.02. The van der Waals surface area contributed by atoms with Gasteiger partial charge >= 0.3 is 0 Å². The van der Waals surface area contributed by atoms with Crippen molar-refractivity contribution in [3.8, 4) is 0 Å². The number of hydrogen-bond donors (Lipinski definition) is 1.